The van der Waals surface area contributed by atoms with Crippen molar-refractivity contribution in [3.63, 3.8) is 0 Å². The number of anilines is 1. The van der Waals surface area contributed by atoms with Crippen LogP contribution in [0.5, 0.6) is 0 Å². The molecule has 0 radical (unpaired) electrons. The molecular weight excluding hydrogens is 318 g/mol. The van der Waals surface area contributed by atoms with Crippen molar-refractivity contribution in [3.05, 3.63) is 23.9 Å². The highest BCUT2D eigenvalue weighted by atomic mass is 16.6. The molecule has 1 aliphatic rings. The standard InChI is InChI=1S/C19H29N3O3/c1-6-11-22(18(24)25-19(3,4)5)17-10-9-15(13-20-17)16-8-7-12-21(16)14(2)23/h9-10,13,16H,6-8,11-12H2,1-5H3. The quantitative estimate of drug-likeness (QED) is 0.828. The van der Waals surface area contributed by atoms with Gasteiger partial charge in [0.05, 0.1) is 6.04 Å². The van der Waals surface area contributed by atoms with Gasteiger partial charge in [-0.2, -0.15) is 0 Å². The zero-order valence-electron chi connectivity index (χ0n) is 15.9. The largest absolute Gasteiger partial charge is 0.443 e. The molecule has 1 saturated heterocycles. The monoisotopic (exact) mass is 347 g/mol. The SMILES string of the molecule is CCCN(C(=O)OC(C)(C)C)c1ccc(C2CCCN2C(C)=O)cn1. The Morgan fingerprint density at radius 3 is 2.60 bits per heavy atom. The Hall–Kier alpha value is -2.11. The summed E-state index contributed by atoms with van der Waals surface area (Å²) in [6.07, 6.45) is 4.15. The molecule has 0 spiro atoms. The minimum absolute atomic E-state index is 0.0835. The van der Waals surface area contributed by atoms with Crippen molar-refractivity contribution in [1.82, 2.24) is 9.88 Å². The molecular formula is C19H29N3O3. The van der Waals surface area contributed by atoms with Gasteiger partial charge >= 0.3 is 6.09 Å². The van der Waals surface area contributed by atoms with Crippen molar-refractivity contribution in [2.24, 2.45) is 0 Å². The zero-order valence-corrected chi connectivity index (χ0v) is 15.9. The topological polar surface area (TPSA) is 62.7 Å². The molecule has 0 bridgehead atoms. The molecule has 1 fully saturated rings. The number of carbonyl (C=O) groups is 2. The first kappa shape index (κ1) is 19.2. The summed E-state index contributed by atoms with van der Waals surface area (Å²) in [6.45, 7) is 10.5. The molecule has 0 saturated carbocycles. The van der Waals surface area contributed by atoms with Crippen molar-refractivity contribution >= 4 is 17.8 Å². The molecule has 0 aromatic carbocycles. The third-order valence-electron chi connectivity index (χ3n) is 4.15. The number of carbonyl (C=O) groups excluding carboxylic acids is 2. The van der Waals surface area contributed by atoms with Gasteiger partial charge in [0.15, 0.2) is 0 Å². The van der Waals surface area contributed by atoms with E-state index in [0.717, 1.165) is 31.4 Å². The fourth-order valence-corrected chi connectivity index (χ4v) is 3.08. The molecule has 2 rings (SSSR count). The molecule has 0 N–H and O–H groups in total. The number of nitrogens with zero attached hydrogens (tertiary/aromatic N) is 3. The Morgan fingerprint density at radius 1 is 1.36 bits per heavy atom. The van der Waals surface area contributed by atoms with Crippen molar-refractivity contribution in [2.75, 3.05) is 18.0 Å². The Labute approximate surface area is 150 Å². The Kier molecular flexibility index (Phi) is 6.03. The van der Waals surface area contributed by atoms with Crippen molar-refractivity contribution in [2.45, 2.75) is 65.5 Å². The average Bonchev–Trinajstić information content (AvgIpc) is 3.01. The average molecular weight is 347 g/mol. The van der Waals surface area contributed by atoms with E-state index >= 15 is 0 Å². The van der Waals surface area contributed by atoms with E-state index in [1.54, 1.807) is 18.0 Å². The van der Waals surface area contributed by atoms with Crippen LogP contribution in [0.1, 0.15) is 65.5 Å². The summed E-state index contributed by atoms with van der Waals surface area (Å²) in [5, 5.41) is 0. The third kappa shape index (κ3) is 4.94. The number of aromatic nitrogens is 1. The zero-order chi connectivity index (χ0) is 18.6. The molecule has 6 nitrogen and oxygen atoms in total. The normalized spacial score (nSPS) is 17.5. The van der Waals surface area contributed by atoms with Crippen LogP contribution in [0.25, 0.3) is 0 Å². The lowest BCUT2D eigenvalue weighted by atomic mass is 10.1. The predicted octanol–water partition coefficient (Wildman–Crippen LogP) is 3.92. The van der Waals surface area contributed by atoms with Crippen molar-refractivity contribution in [1.29, 1.82) is 0 Å². The Morgan fingerprint density at radius 2 is 2.08 bits per heavy atom. The van der Waals surface area contributed by atoms with Crippen LogP contribution in [0.2, 0.25) is 0 Å². The molecule has 1 aromatic rings. The number of pyridine rings is 1. The van der Waals surface area contributed by atoms with Crippen LogP contribution >= 0.6 is 0 Å². The van der Waals surface area contributed by atoms with Gasteiger partial charge in [-0.25, -0.2) is 9.78 Å². The molecule has 2 heterocycles. The van der Waals surface area contributed by atoms with Crippen molar-refractivity contribution < 1.29 is 14.3 Å². The highest BCUT2D eigenvalue weighted by Gasteiger charge is 2.29. The summed E-state index contributed by atoms with van der Waals surface area (Å²) in [6, 6.07) is 3.88. The molecule has 0 aliphatic carbocycles. The van der Waals surface area contributed by atoms with E-state index < -0.39 is 5.60 Å². The lowest BCUT2D eigenvalue weighted by Crippen LogP contribution is -2.38. The second-order valence-corrected chi connectivity index (χ2v) is 7.45. The van der Waals surface area contributed by atoms with E-state index in [9.17, 15) is 9.59 Å². The maximum Gasteiger partial charge on any atom is 0.416 e. The molecule has 138 valence electrons. The fraction of sp³-hybridized carbons (Fsp3) is 0.632. The van der Waals surface area contributed by atoms with Gasteiger partial charge < -0.3 is 9.64 Å². The van der Waals surface area contributed by atoms with Crippen LogP contribution in [0, 0.1) is 0 Å². The van der Waals surface area contributed by atoms with Crippen LogP contribution in [-0.4, -0.2) is 40.6 Å². The number of rotatable bonds is 4. The number of hydrogen-bond donors (Lipinski definition) is 0. The summed E-state index contributed by atoms with van der Waals surface area (Å²) in [5.74, 6) is 0.667. The van der Waals surface area contributed by atoms with Gasteiger partial charge in [0.25, 0.3) is 0 Å². The van der Waals surface area contributed by atoms with Gasteiger partial charge in [0.1, 0.15) is 11.4 Å². The minimum atomic E-state index is -0.547. The Balaban J connectivity index is 2.18. The number of ether oxygens (including phenoxy) is 1. The predicted molar refractivity (Wildman–Crippen MR) is 97.5 cm³/mol. The maximum absolute atomic E-state index is 12.4. The first-order chi connectivity index (χ1) is 11.7. The van der Waals surface area contributed by atoms with Gasteiger partial charge in [0, 0.05) is 26.2 Å². The van der Waals surface area contributed by atoms with Crippen molar-refractivity contribution in [3.8, 4) is 0 Å². The smallest absolute Gasteiger partial charge is 0.416 e. The summed E-state index contributed by atoms with van der Waals surface area (Å²) >= 11 is 0. The van der Waals surface area contributed by atoms with E-state index in [1.165, 1.54) is 0 Å². The van der Waals surface area contributed by atoms with Gasteiger partial charge in [-0.15, -0.1) is 0 Å². The van der Waals surface area contributed by atoms with Crippen LogP contribution in [0.3, 0.4) is 0 Å². The first-order valence-corrected chi connectivity index (χ1v) is 8.96. The van der Waals surface area contributed by atoms with Gasteiger partial charge in [-0.1, -0.05) is 13.0 Å². The molecule has 1 aromatic heterocycles. The maximum atomic E-state index is 12.4. The molecule has 2 amide bonds. The second kappa shape index (κ2) is 7.85. The Bertz CT molecular complexity index is 607. The van der Waals surface area contributed by atoms with E-state index in [2.05, 4.69) is 4.98 Å². The third-order valence-corrected chi connectivity index (χ3v) is 4.15. The number of likely N-dealkylation sites (tertiary alicyclic amines) is 1. The molecule has 1 aliphatic heterocycles. The summed E-state index contributed by atoms with van der Waals surface area (Å²) < 4.78 is 5.48. The van der Waals surface area contributed by atoms with Crippen LogP contribution in [-0.2, 0) is 9.53 Å². The minimum Gasteiger partial charge on any atom is -0.443 e. The summed E-state index contributed by atoms with van der Waals surface area (Å²) in [7, 11) is 0. The fourth-order valence-electron chi connectivity index (χ4n) is 3.08. The summed E-state index contributed by atoms with van der Waals surface area (Å²) in [4.78, 5) is 32.1. The second-order valence-electron chi connectivity index (χ2n) is 7.45. The lowest BCUT2D eigenvalue weighted by Gasteiger charge is -2.27. The van der Waals surface area contributed by atoms with Gasteiger partial charge in [0.2, 0.25) is 5.91 Å². The lowest BCUT2D eigenvalue weighted by molar-refractivity contribution is -0.129. The molecule has 1 unspecified atom stereocenters. The first-order valence-electron chi connectivity index (χ1n) is 8.96. The highest BCUT2D eigenvalue weighted by Crippen LogP contribution is 2.32. The van der Waals surface area contributed by atoms with E-state index in [0.29, 0.717) is 12.4 Å². The molecule has 25 heavy (non-hydrogen) atoms. The van der Waals surface area contributed by atoms with E-state index in [4.69, 9.17) is 4.74 Å². The van der Waals surface area contributed by atoms with Gasteiger partial charge in [-0.05, 0) is 51.7 Å². The molecule has 6 heteroatoms. The van der Waals surface area contributed by atoms with E-state index in [1.807, 2.05) is 44.7 Å². The van der Waals surface area contributed by atoms with E-state index in [-0.39, 0.29) is 18.0 Å². The van der Waals surface area contributed by atoms with Crippen LogP contribution in [0.15, 0.2) is 18.3 Å². The number of hydrogen-bond acceptors (Lipinski definition) is 4. The highest BCUT2D eigenvalue weighted by molar-refractivity contribution is 5.86. The number of amides is 2. The van der Waals surface area contributed by atoms with Gasteiger partial charge in [-0.3, -0.25) is 9.69 Å². The summed E-state index contributed by atoms with van der Waals surface area (Å²) in [5.41, 5.74) is 0.464. The van der Waals surface area contributed by atoms with Crippen LogP contribution in [0.4, 0.5) is 10.6 Å². The van der Waals surface area contributed by atoms with Crippen LogP contribution < -0.4 is 4.90 Å². The molecule has 1 atom stereocenters.